The summed E-state index contributed by atoms with van der Waals surface area (Å²) >= 11 is 0. The molecule has 0 aromatic heterocycles. The number of methoxy groups -OCH3 is 2. The van der Waals surface area contributed by atoms with Crippen LogP contribution in [-0.4, -0.2) is 37.6 Å². The molecule has 0 unspecified atom stereocenters. The third-order valence-corrected chi connectivity index (χ3v) is 3.72. The molecule has 0 aliphatic rings. The van der Waals surface area contributed by atoms with E-state index in [1.807, 2.05) is 0 Å². The minimum Gasteiger partial charge on any atom is -0.494 e. The lowest BCUT2D eigenvalue weighted by molar-refractivity contribution is -0.385. The maximum absolute atomic E-state index is 13.6. The lowest BCUT2D eigenvalue weighted by atomic mass is 10.1. The quantitative estimate of drug-likeness (QED) is 0.437. The summed E-state index contributed by atoms with van der Waals surface area (Å²) in [5.41, 5.74) is 0.355. The third-order valence-electron chi connectivity index (χ3n) is 3.72. The van der Waals surface area contributed by atoms with E-state index in [1.54, 1.807) is 6.92 Å². The van der Waals surface area contributed by atoms with Crippen LogP contribution in [-0.2, 0) is 9.53 Å². The first kappa shape index (κ1) is 20.6. The van der Waals surface area contributed by atoms with Crippen LogP contribution in [0.25, 0.3) is 0 Å². The standard InChI is InChI=1S/C18H17FN2O7/c1-10-6-14(21(24)25)16(27-3)8-13(10)20-17(22)9-28-18(23)11-4-5-15(26-2)12(19)7-11/h4-8H,9H2,1-3H3,(H,20,22). The smallest absolute Gasteiger partial charge is 0.338 e. The van der Waals surface area contributed by atoms with E-state index < -0.39 is 29.2 Å². The fourth-order valence-corrected chi connectivity index (χ4v) is 2.31. The van der Waals surface area contributed by atoms with Crippen LogP contribution >= 0.6 is 0 Å². The van der Waals surface area contributed by atoms with E-state index in [0.717, 1.165) is 6.07 Å². The summed E-state index contributed by atoms with van der Waals surface area (Å²) < 4.78 is 28.2. The number of hydrogen-bond donors (Lipinski definition) is 1. The molecule has 28 heavy (non-hydrogen) atoms. The number of esters is 1. The topological polar surface area (TPSA) is 117 Å². The first-order chi connectivity index (χ1) is 13.3. The van der Waals surface area contributed by atoms with Crippen LogP contribution in [0.1, 0.15) is 15.9 Å². The molecule has 0 radical (unpaired) electrons. The summed E-state index contributed by atoms with van der Waals surface area (Å²) in [5.74, 6) is -2.38. The van der Waals surface area contributed by atoms with Crippen molar-refractivity contribution in [1.29, 1.82) is 0 Å². The minimum absolute atomic E-state index is 0.0307. The van der Waals surface area contributed by atoms with Gasteiger partial charge in [-0.05, 0) is 30.7 Å². The molecule has 0 saturated carbocycles. The predicted molar refractivity (Wildman–Crippen MR) is 96.2 cm³/mol. The van der Waals surface area contributed by atoms with E-state index in [9.17, 15) is 24.1 Å². The number of carbonyl (C=O) groups excluding carboxylic acids is 2. The van der Waals surface area contributed by atoms with Crippen molar-refractivity contribution in [3.8, 4) is 11.5 Å². The molecular formula is C18H17FN2O7. The lowest BCUT2D eigenvalue weighted by Crippen LogP contribution is -2.21. The zero-order valence-corrected chi connectivity index (χ0v) is 15.3. The Kier molecular flexibility index (Phi) is 6.48. The van der Waals surface area contributed by atoms with Gasteiger partial charge >= 0.3 is 11.7 Å². The van der Waals surface area contributed by atoms with E-state index in [-0.39, 0.29) is 28.4 Å². The third kappa shape index (κ3) is 4.72. The van der Waals surface area contributed by atoms with Gasteiger partial charge < -0.3 is 19.5 Å². The summed E-state index contributed by atoms with van der Waals surface area (Å²) in [6.07, 6.45) is 0. The van der Waals surface area contributed by atoms with Gasteiger partial charge in [-0.2, -0.15) is 0 Å². The van der Waals surface area contributed by atoms with Crippen LogP contribution in [0.4, 0.5) is 15.8 Å². The van der Waals surface area contributed by atoms with Gasteiger partial charge in [0.1, 0.15) is 0 Å². The van der Waals surface area contributed by atoms with E-state index in [4.69, 9.17) is 14.2 Å². The Balaban J connectivity index is 2.03. The fraction of sp³-hybridized carbons (Fsp3) is 0.222. The van der Waals surface area contributed by atoms with Crippen molar-refractivity contribution in [1.82, 2.24) is 0 Å². The molecule has 0 aliphatic heterocycles. The Morgan fingerprint density at radius 2 is 1.82 bits per heavy atom. The van der Waals surface area contributed by atoms with Crippen molar-refractivity contribution < 1.29 is 33.1 Å². The molecule has 2 aromatic rings. The van der Waals surface area contributed by atoms with Crippen LogP contribution in [0.2, 0.25) is 0 Å². The number of nitro benzene ring substituents is 1. The molecule has 0 spiro atoms. The zero-order chi connectivity index (χ0) is 20.8. The molecule has 148 valence electrons. The summed E-state index contributed by atoms with van der Waals surface area (Å²) in [4.78, 5) is 34.3. The Morgan fingerprint density at radius 1 is 1.14 bits per heavy atom. The molecule has 1 N–H and O–H groups in total. The number of rotatable bonds is 7. The van der Waals surface area contributed by atoms with Gasteiger partial charge in [0, 0.05) is 17.8 Å². The molecular weight excluding hydrogens is 375 g/mol. The van der Waals surface area contributed by atoms with Crippen LogP contribution in [0, 0.1) is 22.9 Å². The van der Waals surface area contributed by atoms with E-state index in [0.29, 0.717) is 5.56 Å². The fourth-order valence-electron chi connectivity index (χ4n) is 2.31. The number of nitro groups is 1. The first-order valence-electron chi connectivity index (χ1n) is 7.90. The van der Waals surface area contributed by atoms with Crippen molar-refractivity contribution in [3.05, 3.63) is 57.4 Å². The van der Waals surface area contributed by atoms with Crippen molar-refractivity contribution in [2.24, 2.45) is 0 Å². The second-order valence-electron chi connectivity index (χ2n) is 5.57. The Hall–Kier alpha value is -3.69. The van der Waals surface area contributed by atoms with Crippen molar-refractivity contribution in [2.75, 3.05) is 26.1 Å². The van der Waals surface area contributed by atoms with Gasteiger partial charge in [0.25, 0.3) is 5.91 Å². The number of amides is 1. The highest BCUT2D eigenvalue weighted by Crippen LogP contribution is 2.32. The average Bonchev–Trinajstić information content (AvgIpc) is 2.67. The molecule has 9 nitrogen and oxygen atoms in total. The Labute approximate surface area is 159 Å². The summed E-state index contributed by atoms with van der Waals surface area (Å²) in [6.45, 7) is 0.930. The first-order valence-corrected chi connectivity index (χ1v) is 7.90. The van der Waals surface area contributed by atoms with E-state index in [1.165, 1.54) is 38.5 Å². The maximum atomic E-state index is 13.6. The Bertz CT molecular complexity index is 930. The molecule has 0 atom stereocenters. The van der Waals surface area contributed by atoms with Gasteiger partial charge in [-0.25, -0.2) is 9.18 Å². The molecule has 1 amide bonds. The highest BCUT2D eigenvalue weighted by Gasteiger charge is 2.19. The Morgan fingerprint density at radius 3 is 2.39 bits per heavy atom. The monoisotopic (exact) mass is 392 g/mol. The predicted octanol–water partition coefficient (Wildman–Crippen LogP) is 2.86. The highest BCUT2D eigenvalue weighted by atomic mass is 19.1. The molecule has 0 fully saturated rings. The van der Waals surface area contributed by atoms with Crippen molar-refractivity contribution in [2.45, 2.75) is 6.92 Å². The zero-order valence-electron chi connectivity index (χ0n) is 15.3. The number of aryl methyl sites for hydroxylation is 1. The summed E-state index contributed by atoms with van der Waals surface area (Å²) in [6, 6.07) is 6.04. The number of benzene rings is 2. The number of nitrogens with zero attached hydrogens (tertiary/aromatic N) is 1. The lowest BCUT2D eigenvalue weighted by Gasteiger charge is -2.11. The van der Waals surface area contributed by atoms with Gasteiger partial charge in [0.2, 0.25) is 0 Å². The molecule has 0 heterocycles. The van der Waals surface area contributed by atoms with Crippen LogP contribution in [0.3, 0.4) is 0 Å². The molecule has 0 aliphatic carbocycles. The number of hydrogen-bond acceptors (Lipinski definition) is 7. The number of nitrogens with one attached hydrogen (secondary N) is 1. The molecule has 0 bridgehead atoms. The molecule has 2 rings (SSSR count). The van der Waals surface area contributed by atoms with Crippen molar-refractivity contribution >= 4 is 23.3 Å². The van der Waals surface area contributed by atoms with Crippen LogP contribution in [0.5, 0.6) is 11.5 Å². The SMILES string of the molecule is COc1ccc(C(=O)OCC(=O)Nc2cc(OC)c([N+](=O)[O-])cc2C)cc1F. The molecule has 10 heteroatoms. The number of carbonyl (C=O) groups is 2. The van der Waals surface area contributed by atoms with Gasteiger partial charge in [-0.15, -0.1) is 0 Å². The molecule has 0 saturated heterocycles. The van der Waals surface area contributed by atoms with E-state index in [2.05, 4.69) is 5.32 Å². The highest BCUT2D eigenvalue weighted by molar-refractivity contribution is 5.96. The second kappa shape index (κ2) is 8.80. The van der Waals surface area contributed by atoms with E-state index >= 15 is 0 Å². The molecule has 2 aromatic carbocycles. The van der Waals surface area contributed by atoms with Crippen molar-refractivity contribution in [3.63, 3.8) is 0 Å². The summed E-state index contributed by atoms with van der Waals surface area (Å²) in [7, 11) is 2.55. The average molecular weight is 392 g/mol. The van der Waals surface area contributed by atoms with Gasteiger partial charge in [0.15, 0.2) is 23.9 Å². The normalized spacial score (nSPS) is 10.1. The maximum Gasteiger partial charge on any atom is 0.338 e. The van der Waals surface area contributed by atoms with Crippen LogP contribution < -0.4 is 14.8 Å². The van der Waals surface area contributed by atoms with Gasteiger partial charge in [0.05, 0.1) is 24.7 Å². The van der Waals surface area contributed by atoms with Crippen LogP contribution in [0.15, 0.2) is 30.3 Å². The second-order valence-corrected chi connectivity index (χ2v) is 5.57. The van der Waals surface area contributed by atoms with Gasteiger partial charge in [-0.1, -0.05) is 0 Å². The number of ether oxygens (including phenoxy) is 3. The number of halogens is 1. The minimum atomic E-state index is -0.894. The number of anilines is 1. The summed E-state index contributed by atoms with van der Waals surface area (Å²) in [5, 5.41) is 13.5. The van der Waals surface area contributed by atoms with Gasteiger partial charge in [-0.3, -0.25) is 14.9 Å². The largest absolute Gasteiger partial charge is 0.494 e.